The van der Waals surface area contributed by atoms with E-state index in [2.05, 4.69) is 15.8 Å². The number of carbonyl (C=O) groups is 1. The van der Waals surface area contributed by atoms with Crippen LogP contribution in [0.3, 0.4) is 0 Å². The molecule has 1 aliphatic rings. The SMILES string of the molecule is COc1cccc(N(CCCN)C(=O)CCC2NNc3ncccc32)c1. The molecular weight excluding hydrogens is 330 g/mol. The normalized spacial score (nSPS) is 15.2. The Kier molecular flexibility index (Phi) is 6.04. The Morgan fingerprint density at radius 2 is 2.23 bits per heavy atom. The van der Waals surface area contributed by atoms with E-state index in [1.807, 2.05) is 36.4 Å². The van der Waals surface area contributed by atoms with Crippen molar-refractivity contribution in [1.82, 2.24) is 10.4 Å². The number of fused-ring (bicyclic) bond motifs is 1. The predicted molar refractivity (Wildman–Crippen MR) is 102 cm³/mol. The molecule has 3 rings (SSSR count). The van der Waals surface area contributed by atoms with Crippen LogP contribution in [0.2, 0.25) is 0 Å². The standard InChI is InChI=1S/C19H25N5O2/c1-26-15-6-2-5-14(13-15)24(12-4-10-20)18(25)9-8-17-16-7-3-11-21-19(16)23-22-17/h2-3,5-7,11,13,17,22H,4,8-10,12,20H2,1H3,(H,21,23). The van der Waals surface area contributed by atoms with E-state index in [4.69, 9.17) is 10.5 Å². The molecule has 0 fully saturated rings. The highest BCUT2D eigenvalue weighted by Crippen LogP contribution is 2.30. The van der Waals surface area contributed by atoms with Crippen LogP contribution in [0.5, 0.6) is 5.75 Å². The Balaban J connectivity index is 1.68. The average Bonchev–Trinajstić information content (AvgIpc) is 3.10. The maximum Gasteiger partial charge on any atom is 0.227 e. The number of rotatable bonds is 8. The van der Waals surface area contributed by atoms with E-state index in [9.17, 15) is 4.79 Å². The smallest absolute Gasteiger partial charge is 0.227 e. The van der Waals surface area contributed by atoms with Gasteiger partial charge in [-0.1, -0.05) is 12.1 Å². The number of ether oxygens (including phenoxy) is 1. The number of amides is 1. The first kappa shape index (κ1) is 18.2. The lowest BCUT2D eigenvalue weighted by molar-refractivity contribution is -0.118. The lowest BCUT2D eigenvalue weighted by Crippen LogP contribution is -2.33. The molecule has 26 heavy (non-hydrogen) atoms. The first-order valence-electron chi connectivity index (χ1n) is 8.84. The number of anilines is 2. The van der Waals surface area contributed by atoms with Gasteiger partial charge < -0.3 is 20.8 Å². The van der Waals surface area contributed by atoms with Crippen molar-refractivity contribution in [2.75, 3.05) is 30.5 Å². The summed E-state index contributed by atoms with van der Waals surface area (Å²) in [6.45, 7) is 1.14. The second-order valence-corrected chi connectivity index (χ2v) is 6.19. The lowest BCUT2D eigenvalue weighted by atomic mass is 10.0. The van der Waals surface area contributed by atoms with Gasteiger partial charge in [-0.2, -0.15) is 0 Å². The van der Waals surface area contributed by atoms with Crippen LogP contribution in [0.15, 0.2) is 42.6 Å². The van der Waals surface area contributed by atoms with Crippen LogP contribution in [0.25, 0.3) is 0 Å². The molecule has 0 saturated heterocycles. The van der Waals surface area contributed by atoms with Crippen LogP contribution in [0, 0.1) is 0 Å². The monoisotopic (exact) mass is 355 g/mol. The number of carbonyl (C=O) groups excluding carboxylic acids is 1. The van der Waals surface area contributed by atoms with Crippen molar-refractivity contribution in [2.24, 2.45) is 5.73 Å². The van der Waals surface area contributed by atoms with Crippen molar-refractivity contribution in [3.8, 4) is 5.75 Å². The van der Waals surface area contributed by atoms with E-state index in [0.29, 0.717) is 25.9 Å². The second-order valence-electron chi connectivity index (χ2n) is 6.19. The molecule has 1 atom stereocenters. The predicted octanol–water partition coefficient (Wildman–Crippen LogP) is 2.22. The van der Waals surface area contributed by atoms with Gasteiger partial charge >= 0.3 is 0 Å². The molecular formula is C19H25N5O2. The molecule has 138 valence electrons. The third-order valence-corrected chi connectivity index (χ3v) is 4.48. The van der Waals surface area contributed by atoms with Crippen LogP contribution >= 0.6 is 0 Å². The molecule has 0 bridgehead atoms. The van der Waals surface area contributed by atoms with Crippen LogP contribution in [-0.2, 0) is 4.79 Å². The molecule has 0 aliphatic carbocycles. The van der Waals surface area contributed by atoms with Crippen molar-refractivity contribution in [3.63, 3.8) is 0 Å². The Labute approximate surface area is 153 Å². The maximum atomic E-state index is 12.9. The highest BCUT2D eigenvalue weighted by atomic mass is 16.5. The molecule has 1 unspecified atom stereocenters. The average molecular weight is 355 g/mol. The molecule has 7 heteroatoms. The summed E-state index contributed by atoms with van der Waals surface area (Å²) < 4.78 is 5.28. The van der Waals surface area contributed by atoms with Gasteiger partial charge in [0.15, 0.2) is 0 Å². The molecule has 0 spiro atoms. The molecule has 1 amide bonds. The quantitative estimate of drug-likeness (QED) is 0.672. The summed E-state index contributed by atoms with van der Waals surface area (Å²) in [6.07, 6.45) is 3.61. The Morgan fingerprint density at radius 1 is 1.35 bits per heavy atom. The molecule has 1 aliphatic heterocycles. The minimum Gasteiger partial charge on any atom is -0.497 e. The summed E-state index contributed by atoms with van der Waals surface area (Å²) in [7, 11) is 1.62. The van der Waals surface area contributed by atoms with E-state index in [-0.39, 0.29) is 11.9 Å². The van der Waals surface area contributed by atoms with E-state index in [1.54, 1.807) is 18.2 Å². The van der Waals surface area contributed by atoms with Gasteiger partial charge in [0.05, 0.1) is 13.2 Å². The minimum atomic E-state index is 0.0734. The zero-order valence-corrected chi connectivity index (χ0v) is 14.9. The third-order valence-electron chi connectivity index (χ3n) is 4.48. The van der Waals surface area contributed by atoms with E-state index in [1.165, 1.54) is 0 Å². The highest BCUT2D eigenvalue weighted by molar-refractivity contribution is 5.93. The van der Waals surface area contributed by atoms with Crippen LogP contribution < -0.4 is 26.2 Å². The van der Waals surface area contributed by atoms with Crippen LogP contribution in [-0.4, -0.2) is 31.1 Å². The van der Waals surface area contributed by atoms with Crippen molar-refractivity contribution in [2.45, 2.75) is 25.3 Å². The molecule has 2 aromatic rings. The number of benzene rings is 1. The van der Waals surface area contributed by atoms with Crippen molar-refractivity contribution >= 4 is 17.4 Å². The highest BCUT2D eigenvalue weighted by Gasteiger charge is 2.24. The molecule has 1 aromatic heterocycles. The molecule has 2 heterocycles. The summed E-state index contributed by atoms with van der Waals surface area (Å²) in [5.74, 6) is 1.64. The fourth-order valence-electron chi connectivity index (χ4n) is 3.09. The largest absolute Gasteiger partial charge is 0.497 e. The van der Waals surface area contributed by atoms with Crippen molar-refractivity contribution < 1.29 is 9.53 Å². The Bertz CT molecular complexity index is 752. The first-order chi connectivity index (χ1) is 12.7. The molecule has 4 N–H and O–H groups in total. The molecule has 0 radical (unpaired) electrons. The number of aromatic nitrogens is 1. The minimum absolute atomic E-state index is 0.0734. The maximum absolute atomic E-state index is 12.9. The number of methoxy groups -OCH3 is 1. The van der Waals surface area contributed by atoms with Gasteiger partial charge in [0, 0.05) is 36.5 Å². The number of nitrogens with zero attached hydrogens (tertiary/aromatic N) is 2. The van der Waals surface area contributed by atoms with Gasteiger partial charge in [-0.05, 0) is 37.6 Å². The van der Waals surface area contributed by atoms with E-state index < -0.39 is 0 Å². The van der Waals surface area contributed by atoms with Crippen molar-refractivity contribution in [1.29, 1.82) is 0 Å². The van der Waals surface area contributed by atoms with Crippen LogP contribution in [0.4, 0.5) is 11.5 Å². The van der Waals surface area contributed by atoms with Crippen molar-refractivity contribution in [3.05, 3.63) is 48.2 Å². The number of hydrazine groups is 1. The van der Waals surface area contributed by atoms with E-state index >= 15 is 0 Å². The Morgan fingerprint density at radius 3 is 3.04 bits per heavy atom. The summed E-state index contributed by atoms with van der Waals surface area (Å²) in [4.78, 5) is 19.0. The zero-order chi connectivity index (χ0) is 18.4. The van der Waals surface area contributed by atoms with Gasteiger partial charge in [-0.25, -0.2) is 10.4 Å². The number of hydrogen-bond acceptors (Lipinski definition) is 6. The van der Waals surface area contributed by atoms with Gasteiger partial charge in [-0.3, -0.25) is 4.79 Å². The fourth-order valence-corrected chi connectivity index (χ4v) is 3.09. The topological polar surface area (TPSA) is 92.5 Å². The lowest BCUT2D eigenvalue weighted by Gasteiger charge is -2.24. The fraction of sp³-hybridized carbons (Fsp3) is 0.368. The molecule has 0 saturated carbocycles. The molecule has 7 nitrogen and oxygen atoms in total. The zero-order valence-electron chi connectivity index (χ0n) is 14.9. The van der Waals surface area contributed by atoms with Crippen LogP contribution in [0.1, 0.15) is 30.9 Å². The number of pyridine rings is 1. The summed E-state index contributed by atoms with van der Waals surface area (Å²) >= 11 is 0. The van der Waals surface area contributed by atoms with Gasteiger partial charge in [-0.15, -0.1) is 0 Å². The summed E-state index contributed by atoms with van der Waals surface area (Å²) in [5.41, 5.74) is 13.8. The number of nitrogens with one attached hydrogen (secondary N) is 2. The summed E-state index contributed by atoms with van der Waals surface area (Å²) in [6, 6.07) is 11.6. The van der Waals surface area contributed by atoms with Gasteiger partial charge in [0.25, 0.3) is 0 Å². The summed E-state index contributed by atoms with van der Waals surface area (Å²) in [5, 5.41) is 0. The molecule has 1 aromatic carbocycles. The number of hydrogen-bond donors (Lipinski definition) is 3. The first-order valence-corrected chi connectivity index (χ1v) is 8.84. The second kappa shape index (κ2) is 8.64. The third kappa shape index (κ3) is 4.12. The van der Waals surface area contributed by atoms with Gasteiger partial charge in [0.1, 0.15) is 11.6 Å². The van der Waals surface area contributed by atoms with Gasteiger partial charge in [0.2, 0.25) is 5.91 Å². The Hall–Kier alpha value is -2.64. The number of nitrogens with two attached hydrogens (primary N) is 1. The van der Waals surface area contributed by atoms with E-state index in [0.717, 1.165) is 29.2 Å².